The van der Waals surface area contributed by atoms with Crippen molar-refractivity contribution in [2.24, 2.45) is 0 Å². The van der Waals surface area contributed by atoms with Crippen molar-refractivity contribution in [3.63, 3.8) is 0 Å². The van der Waals surface area contributed by atoms with E-state index in [-0.39, 0.29) is 25.0 Å². The van der Waals surface area contributed by atoms with E-state index in [0.717, 1.165) is 37.9 Å². The second-order valence-corrected chi connectivity index (χ2v) is 10.1. The number of tetrazole rings is 1. The number of sulfonamides is 1. The van der Waals surface area contributed by atoms with Crippen LogP contribution in [0.1, 0.15) is 109 Å². The van der Waals surface area contributed by atoms with Crippen LogP contribution < -0.4 is 4.72 Å². The number of nitrogens with one attached hydrogen (secondary N) is 2. The number of carboxylic acid groups (broad SMARTS) is 1. The lowest BCUT2D eigenvalue weighted by Gasteiger charge is -2.06. The number of rotatable bonds is 21. The third kappa shape index (κ3) is 16.6. The van der Waals surface area contributed by atoms with Crippen molar-refractivity contribution >= 4 is 21.9 Å². The molecule has 0 atom stereocenters. The number of hydrogen-bond acceptors (Lipinski definition) is 7. The Hall–Kier alpha value is -2.04. The van der Waals surface area contributed by atoms with Crippen LogP contribution in [0.4, 0.5) is 0 Å². The summed E-state index contributed by atoms with van der Waals surface area (Å²) in [7, 11) is -3.73. The molecule has 0 aliphatic heterocycles. The molecule has 1 amide bonds. The summed E-state index contributed by atoms with van der Waals surface area (Å²) < 4.78 is 25.4. The Bertz CT molecular complexity index is 725. The number of amides is 1. The average Bonchev–Trinajstić information content (AvgIpc) is 3.23. The van der Waals surface area contributed by atoms with Crippen molar-refractivity contribution in [3.8, 4) is 0 Å². The lowest BCUT2D eigenvalue weighted by molar-refractivity contribution is -0.137. The van der Waals surface area contributed by atoms with Crippen LogP contribution in [0.15, 0.2) is 0 Å². The molecular formula is C21H39N5O5S. The fraction of sp³-hybridized carbons (Fsp3) is 0.857. The molecule has 0 spiro atoms. The van der Waals surface area contributed by atoms with Gasteiger partial charge < -0.3 is 5.11 Å². The van der Waals surface area contributed by atoms with Gasteiger partial charge in [0, 0.05) is 19.3 Å². The lowest BCUT2D eigenvalue weighted by atomic mass is 10.0. The summed E-state index contributed by atoms with van der Waals surface area (Å²) in [5.41, 5.74) is 0. The van der Waals surface area contributed by atoms with Gasteiger partial charge in [-0.05, 0) is 29.7 Å². The van der Waals surface area contributed by atoms with E-state index >= 15 is 0 Å². The van der Waals surface area contributed by atoms with Crippen LogP contribution in [-0.2, 0) is 26.0 Å². The number of aromatic nitrogens is 4. The summed E-state index contributed by atoms with van der Waals surface area (Å²) in [5.74, 6) is -1.02. The number of unbranched alkanes of at least 4 members (excludes halogenated alkanes) is 12. The van der Waals surface area contributed by atoms with Crippen LogP contribution in [0.25, 0.3) is 0 Å². The summed E-state index contributed by atoms with van der Waals surface area (Å²) >= 11 is 0. The minimum Gasteiger partial charge on any atom is -0.481 e. The zero-order valence-electron chi connectivity index (χ0n) is 19.1. The van der Waals surface area contributed by atoms with Gasteiger partial charge in [-0.3, -0.25) is 14.3 Å². The van der Waals surface area contributed by atoms with E-state index in [9.17, 15) is 18.0 Å². The molecule has 0 saturated heterocycles. The highest BCUT2D eigenvalue weighted by Crippen LogP contribution is 2.13. The maximum absolute atomic E-state index is 11.7. The van der Waals surface area contributed by atoms with Crippen LogP contribution in [0.5, 0.6) is 0 Å². The maximum atomic E-state index is 11.7. The molecule has 1 rings (SSSR count). The predicted molar refractivity (Wildman–Crippen MR) is 121 cm³/mol. The minimum absolute atomic E-state index is 0.000638. The normalized spacial score (nSPS) is 11.5. The number of H-pyrrole nitrogens is 1. The first-order valence-electron chi connectivity index (χ1n) is 11.9. The van der Waals surface area contributed by atoms with E-state index in [0.29, 0.717) is 6.42 Å². The molecule has 0 aliphatic carbocycles. The molecule has 1 heterocycles. The molecule has 0 fully saturated rings. The number of aryl methyl sites for hydroxylation is 1. The van der Waals surface area contributed by atoms with Gasteiger partial charge in [0.2, 0.25) is 15.9 Å². The predicted octanol–water partition coefficient (Wildman–Crippen LogP) is 3.51. The van der Waals surface area contributed by atoms with E-state index < -0.39 is 21.9 Å². The zero-order valence-corrected chi connectivity index (χ0v) is 19.9. The van der Waals surface area contributed by atoms with Gasteiger partial charge in [-0.2, -0.15) is 0 Å². The summed E-state index contributed by atoms with van der Waals surface area (Å²) in [6, 6.07) is 0. The smallest absolute Gasteiger partial charge is 0.303 e. The molecule has 0 unspecified atom stereocenters. The van der Waals surface area contributed by atoms with Gasteiger partial charge in [-0.1, -0.05) is 70.6 Å². The number of carbonyl (C=O) groups is 2. The SMILES string of the molecule is O=C(O)CCCS(=O)(=O)NC(=O)CCCCCCCCCCCCCCCc1nnn[nH]1. The van der Waals surface area contributed by atoms with E-state index in [2.05, 4.69) is 20.6 Å². The van der Waals surface area contributed by atoms with Gasteiger partial charge in [-0.15, -0.1) is 5.10 Å². The Morgan fingerprint density at radius 3 is 1.81 bits per heavy atom. The third-order valence-electron chi connectivity index (χ3n) is 5.28. The first-order valence-corrected chi connectivity index (χ1v) is 13.5. The van der Waals surface area contributed by atoms with E-state index in [1.165, 1.54) is 51.4 Å². The Kier molecular flexibility index (Phi) is 15.3. The zero-order chi connectivity index (χ0) is 23.5. The summed E-state index contributed by atoms with van der Waals surface area (Å²) in [5, 5.41) is 22.3. The number of aliphatic carboxylic acids is 1. The molecule has 3 N–H and O–H groups in total. The molecule has 32 heavy (non-hydrogen) atoms. The van der Waals surface area contributed by atoms with Gasteiger partial charge in [0.05, 0.1) is 5.75 Å². The molecule has 0 bridgehead atoms. The van der Waals surface area contributed by atoms with Gasteiger partial charge in [0.25, 0.3) is 0 Å². The highest BCUT2D eigenvalue weighted by molar-refractivity contribution is 7.90. The van der Waals surface area contributed by atoms with Gasteiger partial charge in [0.1, 0.15) is 5.82 Å². The molecule has 1 aromatic heterocycles. The molecule has 184 valence electrons. The Balaban J connectivity index is 1.82. The highest BCUT2D eigenvalue weighted by atomic mass is 32.2. The van der Waals surface area contributed by atoms with Crippen LogP contribution >= 0.6 is 0 Å². The Labute approximate surface area is 191 Å². The summed E-state index contributed by atoms with van der Waals surface area (Å²) in [4.78, 5) is 22.1. The van der Waals surface area contributed by atoms with E-state index in [4.69, 9.17) is 5.11 Å². The molecule has 0 aliphatic rings. The highest BCUT2D eigenvalue weighted by Gasteiger charge is 2.14. The van der Waals surface area contributed by atoms with Crippen molar-refractivity contribution in [1.29, 1.82) is 0 Å². The maximum Gasteiger partial charge on any atom is 0.303 e. The summed E-state index contributed by atoms with van der Waals surface area (Å²) in [6.07, 6.45) is 15.9. The van der Waals surface area contributed by atoms with Gasteiger partial charge in [0.15, 0.2) is 0 Å². The first kappa shape index (κ1) is 28.0. The second kappa shape index (κ2) is 17.5. The second-order valence-electron chi connectivity index (χ2n) is 8.29. The Morgan fingerprint density at radius 2 is 1.31 bits per heavy atom. The fourth-order valence-corrected chi connectivity index (χ4v) is 4.57. The van der Waals surface area contributed by atoms with Crippen molar-refractivity contribution in [2.75, 3.05) is 5.75 Å². The molecule has 11 heteroatoms. The molecule has 0 saturated carbocycles. The number of hydrogen-bond donors (Lipinski definition) is 3. The largest absolute Gasteiger partial charge is 0.481 e. The standard InChI is InChI=1S/C21H39N5O5S/c27-20(24-32(30,31)18-14-17-21(28)29)16-13-11-9-7-5-3-1-2-4-6-8-10-12-15-19-22-25-26-23-19/h1-18H2,(H,24,27)(H,28,29)(H,22,23,25,26). The first-order chi connectivity index (χ1) is 15.4. The van der Waals surface area contributed by atoms with Crippen LogP contribution in [-0.4, -0.2) is 51.8 Å². The summed E-state index contributed by atoms with van der Waals surface area (Å²) in [6.45, 7) is 0. The molecule has 10 nitrogen and oxygen atoms in total. The average molecular weight is 474 g/mol. The van der Waals surface area contributed by atoms with E-state index in [1.54, 1.807) is 0 Å². The molecule has 1 aromatic rings. The van der Waals surface area contributed by atoms with Crippen LogP contribution in [0.2, 0.25) is 0 Å². The van der Waals surface area contributed by atoms with E-state index in [1.807, 2.05) is 4.72 Å². The minimum atomic E-state index is -3.73. The topological polar surface area (TPSA) is 155 Å². The molecule has 0 radical (unpaired) electrons. The fourth-order valence-electron chi connectivity index (χ4n) is 3.50. The van der Waals surface area contributed by atoms with Crippen molar-refractivity contribution in [2.45, 2.75) is 109 Å². The van der Waals surface area contributed by atoms with Crippen LogP contribution in [0.3, 0.4) is 0 Å². The number of nitrogens with zero attached hydrogens (tertiary/aromatic N) is 3. The van der Waals surface area contributed by atoms with Crippen LogP contribution in [0, 0.1) is 0 Å². The third-order valence-corrected chi connectivity index (χ3v) is 6.64. The Morgan fingerprint density at radius 1 is 0.781 bits per heavy atom. The number of carboxylic acids is 1. The number of aromatic amines is 1. The van der Waals surface area contributed by atoms with Crippen molar-refractivity contribution < 1.29 is 23.1 Å². The van der Waals surface area contributed by atoms with Crippen molar-refractivity contribution in [3.05, 3.63) is 5.82 Å². The monoisotopic (exact) mass is 473 g/mol. The number of carbonyl (C=O) groups excluding carboxylic acids is 1. The van der Waals surface area contributed by atoms with Crippen molar-refractivity contribution in [1.82, 2.24) is 25.3 Å². The van der Waals surface area contributed by atoms with Gasteiger partial charge in [-0.25, -0.2) is 13.5 Å². The lowest BCUT2D eigenvalue weighted by Crippen LogP contribution is -2.32. The van der Waals surface area contributed by atoms with Gasteiger partial charge >= 0.3 is 5.97 Å². The molecular weight excluding hydrogens is 434 g/mol. The molecule has 0 aromatic carbocycles. The quantitative estimate of drug-likeness (QED) is 0.229.